The number of hydrogen-bond acceptors (Lipinski definition) is 6. The summed E-state index contributed by atoms with van der Waals surface area (Å²) < 4.78 is 18.1. The van der Waals surface area contributed by atoms with Crippen LogP contribution in [0.5, 0.6) is 5.75 Å². The Morgan fingerprint density at radius 2 is 2.38 bits per heavy atom. The third kappa shape index (κ3) is 2.81. The van der Waals surface area contributed by atoms with Gasteiger partial charge in [0.25, 0.3) is 0 Å². The quantitative estimate of drug-likeness (QED) is 0.718. The summed E-state index contributed by atoms with van der Waals surface area (Å²) in [4.78, 5) is 11.6. The Morgan fingerprint density at radius 3 is 3.21 bits per heavy atom. The van der Waals surface area contributed by atoms with E-state index in [0.29, 0.717) is 31.1 Å². The molecular weight excluding hydrogens is 312 g/mol. The summed E-state index contributed by atoms with van der Waals surface area (Å²) in [5, 5.41) is 10.0. The lowest BCUT2D eigenvalue weighted by Crippen LogP contribution is -2.41. The molecule has 24 heavy (non-hydrogen) atoms. The molecular formula is C16H18N4O4. The lowest BCUT2D eigenvalue weighted by Gasteiger charge is -2.19. The van der Waals surface area contributed by atoms with Gasteiger partial charge < -0.3 is 19.2 Å². The number of aromatic nitrogens is 3. The molecule has 3 aromatic rings. The number of hydrogen-bond donors (Lipinski definition) is 2. The van der Waals surface area contributed by atoms with E-state index in [9.17, 15) is 4.79 Å². The van der Waals surface area contributed by atoms with Gasteiger partial charge in [0.05, 0.1) is 37.2 Å². The van der Waals surface area contributed by atoms with Gasteiger partial charge in [0.1, 0.15) is 6.10 Å². The van der Waals surface area contributed by atoms with Gasteiger partial charge in [-0.3, -0.25) is 9.67 Å². The Labute approximate surface area is 137 Å². The number of aromatic amines is 1. The number of nitrogens with zero attached hydrogens (tertiary/aromatic N) is 2. The van der Waals surface area contributed by atoms with Crippen molar-refractivity contribution < 1.29 is 13.9 Å². The summed E-state index contributed by atoms with van der Waals surface area (Å²) in [6.45, 7) is 1.76. The lowest BCUT2D eigenvalue weighted by atomic mass is 10.1. The first-order valence-corrected chi connectivity index (χ1v) is 7.76. The van der Waals surface area contributed by atoms with E-state index in [-0.39, 0.29) is 17.9 Å². The van der Waals surface area contributed by atoms with E-state index in [2.05, 4.69) is 15.5 Å². The van der Waals surface area contributed by atoms with Crippen molar-refractivity contribution >= 4 is 11.1 Å². The van der Waals surface area contributed by atoms with E-state index in [1.54, 1.807) is 19.4 Å². The third-order valence-corrected chi connectivity index (χ3v) is 4.21. The molecule has 0 bridgehead atoms. The van der Waals surface area contributed by atoms with Gasteiger partial charge in [-0.25, -0.2) is 4.79 Å². The van der Waals surface area contributed by atoms with Crippen molar-refractivity contribution in [3.63, 3.8) is 0 Å². The monoisotopic (exact) mass is 330 g/mol. The van der Waals surface area contributed by atoms with Crippen LogP contribution in [0.4, 0.5) is 0 Å². The molecule has 2 atom stereocenters. The fourth-order valence-electron chi connectivity index (χ4n) is 2.86. The second-order valence-corrected chi connectivity index (χ2v) is 5.84. The molecule has 1 saturated heterocycles. The minimum Gasteiger partial charge on any atom is -0.483 e. The van der Waals surface area contributed by atoms with Gasteiger partial charge in [0.15, 0.2) is 11.3 Å². The second kappa shape index (κ2) is 6.14. The van der Waals surface area contributed by atoms with E-state index in [0.717, 1.165) is 11.1 Å². The van der Waals surface area contributed by atoms with Gasteiger partial charge in [0, 0.05) is 13.6 Å². The van der Waals surface area contributed by atoms with Crippen LogP contribution in [0.15, 0.2) is 39.8 Å². The van der Waals surface area contributed by atoms with Gasteiger partial charge in [-0.15, -0.1) is 0 Å². The predicted molar refractivity (Wildman–Crippen MR) is 85.9 cm³/mol. The second-order valence-electron chi connectivity index (χ2n) is 5.84. The highest BCUT2D eigenvalue weighted by molar-refractivity contribution is 5.73. The van der Waals surface area contributed by atoms with Crippen LogP contribution >= 0.6 is 0 Å². The molecule has 0 unspecified atom stereocenters. The normalized spacial score (nSPS) is 20.7. The average Bonchev–Trinajstić information content (AvgIpc) is 3.29. The smallest absolute Gasteiger partial charge is 0.419 e. The molecule has 1 fully saturated rings. The number of nitrogens with one attached hydrogen (secondary N) is 2. The van der Waals surface area contributed by atoms with E-state index < -0.39 is 0 Å². The molecule has 0 saturated carbocycles. The summed E-state index contributed by atoms with van der Waals surface area (Å²) in [7, 11) is 1.69. The van der Waals surface area contributed by atoms with Gasteiger partial charge in [-0.2, -0.15) is 5.10 Å². The molecule has 1 aliphatic heterocycles. The maximum Gasteiger partial charge on any atom is 0.419 e. The van der Waals surface area contributed by atoms with Crippen molar-refractivity contribution in [2.24, 2.45) is 7.05 Å². The fourth-order valence-corrected chi connectivity index (χ4v) is 2.86. The highest BCUT2D eigenvalue weighted by Gasteiger charge is 2.29. The zero-order chi connectivity index (χ0) is 16.5. The Morgan fingerprint density at radius 1 is 1.46 bits per heavy atom. The highest BCUT2D eigenvalue weighted by atomic mass is 16.5. The molecule has 8 heteroatoms. The number of fused-ring (bicyclic) bond motifs is 1. The van der Waals surface area contributed by atoms with E-state index in [4.69, 9.17) is 13.9 Å². The standard InChI is InChI=1S/C16H18N4O4/c1-20-13-3-2-10(4-14(13)24-16(20)21)5-17-12-8-22-9-15(12)23-11-6-18-19-7-11/h2-4,6-7,12,15,17H,5,8-9H2,1H3,(H,18,19)/t12-,15+/m0/s1. The largest absolute Gasteiger partial charge is 0.483 e. The SMILES string of the molecule is Cn1c(=O)oc2cc(CN[C@H]3COC[C@H]3Oc3cn[nH]c3)ccc21. The molecule has 0 radical (unpaired) electrons. The number of ether oxygens (including phenoxy) is 2. The van der Waals surface area contributed by atoms with Crippen molar-refractivity contribution in [3.8, 4) is 5.75 Å². The molecule has 3 heterocycles. The van der Waals surface area contributed by atoms with Crippen molar-refractivity contribution in [2.75, 3.05) is 13.2 Å². The zero-order valence-electron chi connectivity index (χ0n) is 13.2. The van der Waals surface area contributed by atoms with Gasteiger partial charge in [-0.05, 0) is 17.7 Å². The maximum absolute atomic E-state index is 11.6. The van der Waals surface area contributed by atoms with Crippen molar-refractivity contribution in [3.05, 3.63) is 46.7 Å². The first-order valence-electron chi connectivity index (χ1n) is 7.76. The third-order valence-electron chi connectivity index (χ3n) is 4.21. The Balaban J connectivity index is 1.43. The van der Waals surface area contributed by atoms with Gasteiger partial charge >= 0.3 is 5.76 Å². The molecule has 0 spiro atoms. The molecule has 2 aromatic heterocycles. The first-order chi connectivity index (χ1) is 11.7. The average molecular weight is 330 g/mol. The summed E-state index contributed by atoms with van der Waals surface area (Å²) in [6.07, 6.45) is 3.28. The van der Waals surface area contributed by atoms with Crippen LogP contribution in [0, 0.1) is 0 Å². The zero-order valence-corrected chi connectivity index (χ0v) is 13.2. The molecule has 126 valence electrons. The molecule has 1 aliphatic rings. The summed E-state index contributed by atoms with van der Waals surface area (Å²) in [6, 6.07) is 5.83. The minimum absolute atomic E-state index is 0.0685. The molecule has 1 aromatic carbocycles. The van der Waals surface area contributed by atoms with Crippen molar-refractivity contribution in [1.29, 1.82) is 0 Å². The summed E-state index contributed by atoms with van der Waals surface area (Å²) in [5.74, 6) is 0.345. The van der Waals surface area contributed by atoms with Gasteiger partial charge in [0.2, 0.25) is 0 Å². The lowest BCUT2D eigenvalue weighted by molar-refractivity contribution is 0.139. The fraction of sp³-hybridized carbons (Fsp3) is 0.375. The predicted octanol–water partition coefficient (Wildman–Crippen LogP) is 0.791. The number of H-pyrrole nitrogens is 1. The van der Waals surface area contributed by atoms with Gasteiger partial charge in [-0.1, -0.05) is 6.07 Å². The molecule has 4 rings (SSSR count). The van der Waals surface area contributed by atoms with Crippen molar-refractivity contribution in [2.45, 2.75) is 18.7 Å². The highest BCUT2D eigenvalue weighted by Crippen LogP contribution is 2.17. The molecule has 2 N–H and O–H groups in total. The van der Waals surface area contributed by atoms with Crippen LogP contribution in [0.1, 0.15) is 5.56 Å². The van der Waals surface area contributed by atoms with Crippen LogP contribution in [-0.4, -0.2) is 40.1 Å². The number of rotatable bonds is 5. The summed E-state index contributed by atoms with van der Waals surface area (Å²) in [5.41, 5.74) is 2.41. The number of benzene rings is 1. The van der Waals surface area contributed by atoms with Crippen LogP contribution in [0.3, 0.4) is 0 Å². The molecule has 0 aliphatic carbocycles. The minimum atomic E-state index is -0.354. The van der Waals surface area contributed by atoms with Crippen LogP contribution in [-0.2, 0) is 18.3 Å². The molecule has 0 amide bonds. The Hall–Kier alpha value is -2.58. The number of aryl methyl sites for hydroxylation is 1. The van der Waals surface area contributed by atoms with E-state index in [1.165, 1.54) is 4.57 Å². The number of oxazole rings is 1. The first kappa shape index (κ1) is 15.0. The van der Waals surface area contributed by atoms with Crippen molar-refractivity contribution in [1.82, 2.24) is 20.1 Å². The maximum atomic E-state index is 11.6. The topological polar surface area (TPSA) is 94.3 Å². The van der Waals surface area contributed by atoms with E-state index >= 15 is 0 Å². The Kier molecular flexibility index (Phi) is 3.83. The van der Waals surface area contributed by atoms with E-state index in [1.807, 2.05) is 18.2 Å². The van der Waals surface area contributed by atoms with Crippen LogP contribution in [0.25, 0.3) is 11.1 Å². The Bertz CT molecular complexity index is 883. The van der Waals surface area contributed by atoms with Crippen LogP contribution < -0.4 is 15.8 Å². The molecule has 8 nitrogen and oxygen atoms in total. The summed E-state index contributed by atoms with van der Waals surface area (Å²) >= 11 is 0. The van der Waals surface area contributed by atoms with Crippen LogP contribution in [0.2, 0.25) is 0 Å².